The number of aromatic nitrogens is 3. The van der Waals surface area contributed by atoms with Crippen LogP contribution in [0.25, 0.3) is 21.6 Å². The molecule has 3 heterocycles. The molecule has 0 saturated heterocycles. The lowest BCUT2D eigenvalue weighted by molar-refractivity contribution is -0.125. The van der Waals surface area contributed by atoms with Crippen molar-refractivity contribution < 1.29 is 23.4 Å². The van der Waals surface area contributed by atoms with Crippen molar-refractivity contribution in [3.63, 3.8) is 0 Å². The number of rotatable bonds is 6. The Morgan fingerprint density at radius 2 is 2.11 bits per heavy atom. The van der Waals surface area contributed by atoms with Crippen molar-refractivity contribution in [2.75, 3.05) is 22.9 Å². The highest BCUT2D eigenvalue weighted by molar-refractivity contribution is 7.92. The zero-order valence-corrected chi connectivity index (χ0v) is 16.6. The van der Waals surface area contributed by atoms with E-state index in [-0.39, 0.29) is 16.0 Å². The summed E-state index contributed by atoms with van der Waals surface area (Å²) in [4.78, 5) is 24.7. The van der Waals surface area contributed by atoms with Crippen LogP contribution in [0.3, 0.4) is 0 Å². The fourth-order valence-electron chi connectivity index (χ4n) is 2.16. The van der Waals surface area contributed by atoms with Gasteiger partial charge in [-0.2, -0.15) is 0 Å². The third kappa shape index (κ3) is 4.72. The normalized spacial score (nSPS) is 12.7. The molecule has 0 unspecified atom stereocenters. The molecular weight excluding hydrogens is 430 g/mol. The highest BCUT2D eigenvalue weighted by atomic mass is 35.5. The van der Waals surface area contributed by atoms with E-state index < -0.39 is 28.6 Å². The standard InChI is InChI=1S/C15H14ClN5O5S2/c1-28(25,26)21-10-4-7(5-17-12(10)16)8-2-3-9-14(18-8)27-15(19-9)20-13(24)11(23)6-22/h2-5,11,21-23H,6H2,1H3,(H,19,20,24)/t11-/m0/s1. The van der Waals surface area contributed by atoms with E-state index in [4.69, 9.17) is 16.7 Å². The lowest BCUT2D eigenvalue weighted by Crippen LogP contribution is -2.30. The molecule has 148 valence electrons. The molecule has 0 aliphatic heterocycles. The molecule has 1 atom stereocenters. The molecule has 28 heavy (non-hydrogen) atoms. The highest BCUT2D eigenvalue weighted by Crippen LogP contribution is 2.30. The van der Waals surface area contributed by atoms with E-state index >= 15 is 0 Å². The molecule has 3 aromatic heterocycles. The van der Waals surface area contributed by atoms with Gasteiger partial charge in [-0.3, -0.25) is 14.8 Å². The second-order valence-electron chi connectivity index (χ2n) is 5.66. The minimum absolute atomic E-state index is 0.000447. The van der Waals surface area contributed by atoms with Crippen LogP contribution in [0.15, 0.2) is 24.4 Å². The van der Waals surface area contributed by atoms with E-state index in [1.807, 2.05) is 0 Å². The smallest absolute Gasteiger partial charge is 0.257 e. The fourth-order valence-corrected chi connectivity index (χ4v) is 3.77. The SMILES string of the molecule is CS(=O)(=O)Nc1cc(-c2ccc3nc(NC(=O)[C@@H](O)CO)sc3n2)cnc1Cl. The minimum atomic E-state index is -3.53. The van der Waals surface area contributed by atoms with Gasteiger partial charge in [-0.15, -0.1) is 0 Å². The summed E-state index contributed by atoms with van der Waals surface area (Å²) < 4.78 is 25.2. The summed E-state index contributed by atoms with van der Waals surface area (Å²) in [6.07, 6.45) is 0.906. The van der Waals surface area contributed by atoms with Gasteiger partial charge in [-0.1, -0.05) is 22.9 Å². The Balaban J connectivity index is 1.92. The second kappa shape index (κ2) is 7.93. The molecule has 3 rings (SSSR count). The zero-order valence-electron chi connectivity index (χ0n) is 14.2. The van der Waals surface area contributed by atoms with Crippen molar-refractivity contribution >= 4 is 60.0 Å². The maximum Gasteiger partial charge on any atom is 0.257 e. The number of fused-ring (bicyclic) bond motifs is 1. The molecule has 0 spiro atoms. The Morgan fingerprint density at radius 1 is 1.36 bits per heavy atom. The minimum Gasteiger partial charge on any atom is -0.393 e. The largest absolute Gasteiger partial charge is 0.393 e. The van der Waals surface area contributed by atoms with E-state index in [0.717, 1.165) is 17.6 Å². The van der Waals surface area contributed by atoms with Crippen molar-refractivity contribution in [2.24, 2.45) is 0 Å². The van der Waals surface area contributed by atoms with Crippen LogP contribution in [0.4, 0.5) is 10.8 Å². The quantitative estimate of drug-likeness (QED) is 0.412. The van der Waals surface area contributed by atoms with Crippen LogP contribution in [0.5, 0.6) is 0 Å². The Labute approximate surface area is 168 Å². The number of hydrogen-bond donors (Lipinski definition) is 4. The summed E-state index contributed by atoms with van der Waals surface area (Å²) in [5, 5.41) is 20.7. The molecule has 0 radical (unpaired) electrons. The van der Waals surface area contributed by atoms with Crippen molar-refractivity contribution in [3.05, 3.63) is 29.5 Å². The Bertz CT molecular complexity index is 1150. The summed E-state index contributed by atoms with van der Waals surface area (Å²) in [5.74, 6) is -0.778. The first kappa shape index (κ1) is 20.4. The highest BCUT2D eigenvalue weighted by Gasteiger charge is 2.17. The number of halogens is 1. The summed E-state index contributed by atoms with van der Waals surface area (Å²) in [7, 11) is -3.53. The van der Waals surface area contributed by atoms with Crippen LogP contribution >= 0.6 is 22.9 Å². The molecule has 10 nitrogen and oxygen atoms in total. The number of pyridine rings is 2. The van der Waals surface area contributed by atoms with Crippen LogP contribution in [-0.4, -0.2) is 58.5 Å². The number of carbonyl (C=O) groups excluding carboxylic acids is 1. The fraction of sp³-hybridized carbons (Fsp3) is 0.200. The van der Waals surface area contributed by atoms with Crippen molar-refractivity contribution in [1.29, 1.82) is 0 Å². The van der Waals surface area contributed by atoms with E-state index in [1.165, 1.54) is 12.3 Å². The third-order valence-electron chi connectivity index (χ3n) is 3.39. The summed E-state index contributed by atoms with van der Waals surface area (Å²) in [5.41, 5.74) is 1.65. The van der Waals surface area contributed by atoms with Gasteiger partial charge < -0.3 is 10.2 Å². The number of sulfonamides is 1. The van der Waals surface area contributed by atoms with E-state index in [0.29, 0.717) is 21.6 Å². The Morgan fingerprint density at radius 3 is 2.79 bits per heavy atom. The number of thiazole rings is 1. The molecular formula is C15H14ClN5O5S2. The Kier molecular flexibility index (Phi) is 5.76. The van der Waals surface area contributed by atoms with Gasteiger partial charge in [-0.25, -0.2) is 23.4 Å². The number of nitrogens with one attached hydrogen (secondary N) is 2. The van der Waals surface area contributed by atoms with Gasteiger partial charge in [0.25, 0.3) is 5.91 Å². The number of aliphatic hydroxyl groups is 2. The summed E-state index contributed by atoms with van der Waals surface area (Å²) in [6, 6.07) is 4.84. The average Bonchev–Trinajstić information content (AvgIpc) is 3.02. The molecule has 0 aliphatic carbocycles. The van der Waals surface area contributed by atoms with Gasteiger partial charge in [0.2, 0.25) is 10.0 Å². The number of nitrogens with zero attached hydrogens (tertiary/aromatic N) is 3. The van der Waals surface area contributed by atoms with Crippen LogP contribution in [-0.2, 0) is 14.8 Å². The van der Waals surface area contributed by atoms with Crippen LogP contribution in [0.2, 0.25) is 5.15 Å². The van der Waals surface area contributed by atoms with Crippen molar-refractivity contribution in [2.45, 2.75) is 6.10 Å². The maximum absolute atomic E-state index is 11.6. The number of anilines is 2. The van der Waals surface area contributed by atoms with Gasteiger partial charge >= 0.3 is 0 Å². The molecule has 13 heteroatoms. The van der Waals surface area contributed by atoms with Crippen molar-refractivity contribution in [3.8, 4) is 11.3 Å². The van der Waals surface area contributed by atoms with Crippen molar-refractivity contribution in [1.82, 2.24) is 15.0 Å². The third-order valence-corrected chi connectivity index (χ3v) is 5.16. The number of amides is 1. The first-order chi connectivity index (χ1) is 13.2. The van der Waals surface area contributed by atoms with Gasteiger partial charge in [0.1, 0.15) is 10.3 Å². The van der Waals surface area contributed by atoms with E-state index in [2.05, 4.69) is 25.0 Å². The lowest BCUT2D eigenvalue weighted by Gasteiger charge is -2.08. The zero-order chi connectivity index (χ0) is 20.5. The molecule has 4 N–H and O–H groups in total. The van der Waals surface area contributed by atoms with Gasteiger partial charge in [0.15, 0.2) is 16.4 Å². The summed E-state index contributed by atoms with van der Waals surface area (Å²) in [6.45, 7) is -0.702. The summed E-state index contributed by atoms with van der Waals surface area (Å²) >= 11 is 7.00. The number of carbonyl (C=O) groups is 1. The van der Waals surface area contributed by atoms with E-state index in [9.17, 15) is 18.3 Å². The molecule has 0 fully saturated rings. The van der Waals surface area contributed by atoms with Gasteiger partial charge in [0.05, 0.1) is 24.2 Å². The van der Waals surface area contributed by atoms with Gasteiger partial charge in [0, 0.05) is 11.8 Å². The second-order valence-corrected chi connectivity index (χ2v) is 8.75. The lowest BCUT2D eigenvalue weighted by atomic mass is 10.2. The van der Waals surface area contributed by atoms with Crippen LogP contribution in [0, 0.1) is 0 Å². The van der Waals surface area contributed by atoms with Crippen LogP contribution < -0.4 is 10.0 Å². The molecule has 3 aromatic rings. The maximum atomic E-state index is 11.6. The first-order valence-electron chi connectivity index (χ1n) is 7.67. The monoisotopic (exact) mass is 443 g/mol. The van der Waals surface area contributed by atoms with Gasteiger partial charge in [-0.05, 0) is 18.2 Å². The van der Waals surface area contributed by atoms with E-state index in [1.54, 1.807) is 12.1 Å². The molecule has 0 aliphatic rings. The van der Waals surface area contributed by atoms with Crippen LogP contribution in [0.1, 0.15) is 0 Å². The molecule has 0 saturated carbocycles. The average molecular weight is 444 g/mol. The number of hydrogen-bond acceptors (Lipinski definition) is 9. The number of aliphatic hydroxyl groups excluding tert-OH is 2. The molecule has 1 amide bonds. The molecule has 0 aromatic carbocycles. The first-order valence-corrected chi connectivity index (χ1v) is 10.8. The molecule has 0 bridgehead atoms. The predicted molar refractivity (Wildman–Crippen MR) is 106 cm³/mol. The topological polar surface area (TPSA) is 154 Å². The predicted octanol–water partition coefficient (Wildman–Crippen LogP) is 1.07. The Hall–Kier alpha value is -2.38.